The van der Waals surface area contributed by atoms with E-state index in [-0.39, 0.29) is 32.7 Å². The number of methoxy groups -OCH3 is 4. The van der Waals surface area contributed by atoms with E-state index in [1.807, 2.05) is 13.0 Å². The number of anilines is 3. The lowest BCUT2D eigenvalue weighted by molar-refractivity contribution is -0.114. The van der Waals surface area contributed by atoms with Gasteiger partial charge in [0.05, 0.1) is 43.9 Å². The third kappa shape index (κ3) is 7.59. The van der Waals surface area contributed by atoms with E-state index in [9.17, 15) is 21.6 Å². The Morgan fingerprint density at radius 2 is 1.33 bits per heavy atom. The van der Waals surface area contributed by atoms with Crippen LogP contribution in [-0.4, -0.2) is 57.7 Å². The molecule has 0 unspecified atom stereocenters. The quantitative estimate of drug-likeness (QED) is 0.210. The zero-order valence-electron chi connectivity index (χ0n) is 25.2. The van der Waals surface area contributed by atoms with Gasteiger partial charge in [-0.2, -0.15) is 0 Å². The summed E-state index contributed by atoms with van der Waals surface area (Å²) in [4.78, 5) is 13.1. The summed E-state index contributed by atoms with van der Waals surface area (Å²) < 4.78 is 78.6. The SMILES string of the molecule is COc1ccc(OC)c(N(CC(=O)Nc2ccc(S(=O)(=O)Nc3cccc(C)c3)cc2)S(=O)(=O)c2ccc(OC)c(OC)c2)c1. The van der Waals surface area contributed by atoms with Crippen LogP contribution in [0.3, 0.4) is 0 Å². The van der Waals surface area contributed by atoms with Crippen LogP contribution in [0.15, 0.2) is 94.7 Å². The molecule has 0 fully saturated rings. The lowest BCUT2D eigenvalue weighted by Crippen LogP contribution is -2.38. The minimum Gasteiger partial charge on any atom is -0.497 e. The standard InChI is InChI=1S/C31H33N3O9S2/c1-21-7-6-8-23(17-21)33-44(36,37)25-12-9-22(10-13-25)32-31(35)20-34(27-18-24(40-2)11-15-28(27)41-3)45(38,39)26-14-16-29(42-4)30(19-26)43-5/h6-19,33H,20H2,1-5H3,(H,32,35). The molecule has 4 rings (SSSR count). The number of hydrogen-bond acceptors (Lipinski definition) is 9. The third-order valence-corrected chi connectivity index (χ3v) is 9.76. The highest BCUT2D eigenvalue weighted by Gasteiger charge is 2.31. The van der Waals surface area contributed by atoms with Crippen molar-refractivity contribution in [3.05, 3.63) is 90.5 Å². The molecular weight excluding hydrogens is 622 g/mol. The molecule has 0 atom stereocenters. The zero-order valence-corrected chi connectivity index (χ0v) is 26.9. The van der Waals surface area contributed by atoms with Gasteiger partial charge in [0.2, 0.25) is 5.91 Å². The molecule has 12 nitrogen and oxygen atoms in total. The minimum atomic E-state index is -4.40. The van der Waals surface area contributed by atoms with Gasteiger partial charge in [0.25, 0.3) is 20.0 Å². The van der Waals surface area contributed by atoms with Crippen LogP contribution in [0.4, 0.5) is 17.1 Å². The summed E-state index contributed by atoms with van der Waals surface area (Å²) in [6.45, 7) is 1.18. The maximum absolute atomic E-state index is 14.1. The van der Waals surface area contributed by atoms with Crippen molar-refractivity contribution in [3.8, 4) is 23.0 Å². The van der Waals surface area contributed by atoms with Crippen LogP contribution < -0.4 is 33.3 Å². The summed E-state index contributed by atoms with van der Waals surface area (Å²) in [6.07, 6.45) is 0. The van der Waals surface area contributed by atoms with Gasteiger partial charge in [-0.25, -0.2) is 16.8 Å². The Bertz CT molecular complexity index is 1900. The fourth-order valence-electron chi connectivity index (χ4n) is 4.37. The molecule has 0 heterocycles. The molecule has 1 amide bonds. The van der Waals surface area contributed by atoms with Crippen LogP contribution >= 0.6 is 0 Å². The molecular formula is C31H33N3O9S2. The molecule has 0 saturated heterocycles. The molecule has 0 aliphatic carbocycles. The molecule has 14 heteroatoms. The fourth-order valence-corrected chi connectivity index (χ4v) is 6.86. The highest BCUT2D eigenvalue weighted by Crippen LogP contribution is 2.37. The van der Waals surface area contributed by atoms with Crippen molar-refractivity contribution in [1.82, 2.24) is 0 Å². The van der Waals surface area contributed by atoms with Crippen molar-refractivity contribution in [1.29, 1.82) is 0 Å². The topological polar surface area (TPSA) is 150 Å². The number of hydrogen-bond donors (Lipinski definition) is 2. The summed E-state index contributed by atoms with van der Waals surface area (Å²) in [7, 11) is -2.71. The minimum absolute atomic E-state index is 0.0271. The van der Waals surface area contributed by atoms with Crippen molar-refractivity contribution in [2.75, 3.05) is 49.3 Å². The summed E-state index contributed by atoms with van der Waals surface area (Å²) in [5.41, 5.74) is 1.60. The first-order valence-corrected chi connectivity index (χ1v) is 16.3. The van der Waals surface area contributed by atoms with E-state index in [1.54, 1.807) is 24.3 Å². The first-order valence-electron chi connectivity index (χ1n) is 13.4. The first-order chi connectivity index (χ1) is 21.4. The van der Waals surface area contributed by atoms with Gasteiger partial charge >= 0.3 is 0 Å². The zero-order chi connectivity index (χ0) is 32.8. The van der Waals surface area contributed by atoms with Crippen LogP contribution in [0.25, 0.3) is 0 Å². The van der Waals surface area contributed by atoms with E-state index in [1.165, 1.54) is 83.0 Å². The molecule has 4 aromatic carbocycles. The molecule has 0 aliphatic rings. The predicted octanol–water partition coefficient (Wildman–Crippen LogP) is 4.66. The van der Waals surface area contributed by atoms with E-state index in [0.717, 1.165) is 9.87 Å². The number of aryl methyl sites for hydroxylation is 1. The average Bonchev–Trinajstić information content (AvgIpc) is 3.02. The van der Waals surface area contributed by atoms with Gasteiger partial charge in [-0.3, -0.25) is 13.8 Å². The van der Waals surface area contributed by atoms with Gasteiger partial charge in [-0.1, -0.05) is 12.1 Å². The number of benzene rings is 4. The molecule has 2 N–H and O–H groups in total. The number of carbonyl (C=O) groups is 1. The molecule has 4 aromatic rings. The summed E-state index contributed by atoms with van der Waals surface area (Å²) in [5.74, 6) is 0.280. The van der Waals surface area contributed by atoms with Crippen molar-refractivity contribution >= 4 is 43.0 Å². The number of nitrogens with one attached hydrogen (secondary N) is 2. The van der Waals surface area contributed by atoms with Gasteiger partial charge in [0, 0.05) is 23.5 Å². The average molecular weight is 656 g/mol. The van der Waals surface area contributed by atoms with Crippen molar-refractivity contribution in [3.63, 3.8) is 0 Å². The number of ether oxygens (including phenoxy) is 4. The molecule has 0 bridgehead atoms. The Morgan fingerprint density at radius 3 is 1.96 bits per heavy atom. The molecule has 0 spiro atoms. The highest BCUT2D eigenvalue weighted by atomic mass is 32.2. The number of amides is 1. The van der Waals surface area contributed by atoms with E-state index in [0.29, 0.717) is 17.2 Å². The van der Waals surface area contributed by atoms with Crippen molar-refractivity contribution in [2.24, 2.45) is 0 Å². The fraction of sp³-hybridized carbons (Fsp3) is 0.194. The summed E-state index contributed by atoms with van der Waals surface area (Å²) in [6, 6.07) is 21.0. The number of rotatable bonds is 13. The number of sulfonamides is 2. The van der Waals surface area contributed by atoms with Gasteiger partial charge in [-0.15, -0.1) is 0 Å². The second-order valence-corrected chi connectivity index (χ2v) is 13.2. The summed E-state index contributed by atoms with van der Waals surface area (Å²) in [5, 5.41) is 2.63. The number of nitrogens with zero attached hydrogens (tertiary/aromatic N) is 1. The van der Waals surface area contributed by atoms with E-state index < -0.39 is 32.5 Å². The Morgan fingerprint density at radius 1 is 0.689 bits per heavy atom. The predicted molar refractivity (Wildman–Crippen MR) is 171 cm³/mol. The van der Waals surface area contributed by atoms with Gasteiger partial charge in [-0.05, 0) is 73.2 Å². The van der Waals surface area contributed by atoms with Crippen molar-refractivity contribution in [2.45, 2.75) is 16.7 Å². The van der Waals surface area contributed by atoms with Gasteiger partial charge in [0.1, 0.15) is 18.0 Å². The highest BCUT2D eigenvalue weighted by molar-refractivity contribution is 7.93. The number of carbonyl (C=O) groups excluding carboxylic acids is 1. The van der Waals surface area contributed by atoms with E-state index in [4.69, 9.17) is 18.9 Å². The molecule has 0 aliphatic heterocycles. The first kappa shape index (κ1) is 33.0. The maximum atomic E-state index is 14.1. The molecule has 238 valence electrons. The maximum Gasteiger partial charge on any atom is 0.265 e. The molecule has 45 heavy (non-hydrogen) atoms. The van der Waals surface area contributed by atoms with Crippen LogP contribution in [0, 0.1) is 6.92 Å². The second kappa shape index (κ2) is 13.8. The monoisotopic (exact) mass is 655 g/mol. The van der Waals surface area contributed by atoms with Crippen LogP contribution in [0.5, 0.6) is 23.0 Å². The second-order valence-electron chi connectivity index (χ2n) is 9.61. The molecule has 0 saturated carbocycles. The van der Waals surface area contributed by atoms with Gasteiger partial charge in [0.15, 0.2) is 11.5 Å². The Kier molecular flexibility index (Phi) is 10.1. The van der Waals surface area contributed by atoms with Crippen LogP contribution in [0.1, 0.15) is 5.56 Å². The van der Waals surface area contributed by atoms with Crippen molar-refractivity contribution < 1.29 is 40.6 Å². The van der Waals surface area contributed by atoms with Gasteiger partial charge < -0.3 is 24.3 Å². The normalized spacial score (nSPS) is 11.3. The van der Waals surface area contributed by atoms with E-state index in [2.05, 4.69) is 10.0 Å². The molecule has 0 aromatic heterocycles. The Labute approximate surface area is 262 Å². The third-order valence-electron chi connectivity index (χ3n) is 6.60. The van der Waals surface area contributed by atoms with E-state index >= 15 is 0 Å². The summed E-state index contributed by atoms with van der Waals surface area (Å²) >= 11 is 0. The molecule has 0 radical (unpaired) electrons. The van der Waals surface area contributed by atoms with Crippen LogP contribution in [0.2, 0.25) is 0 Å². The Hall–Kier alpha value is -4.95. The lowest BCUT2D eigenvalue weighted by Gasteiger charge is -2.26. The largest absolute Gasteiger partial charge is 0.497 e. The lowest BCUT2D eigenvalue weighted by atomic mass is 10.2. The van der Waals surface area contributed by atoms with Crippen LogP contribution in [-0.2, 0) is 24.8 Å². The smallest absolute Gasteiger partial charge is 0.265 e. The Balaban J connectivity index is 1.64.